The lowest BCUT2D eigenvalue weighted by Crippen LogP contribution is -2.33. The van der Waals surface area contributed by atoms with Gasteiger partial charge in [-0.2, -0.15) is 19.1 Å². The van der Waals surface area contributed by atoms with Crippen molar-refractivity contribution >= 4 is 37.0 Å². The normalized spacial score (nSPS) is 12.3. The van der Waals surface area contributed by atoms with E-state index in [4.69, 9.17) is 0 Å². The molecule has 0 radical (unpaired) electrons. The van der Waals surface area contributed by atoms with Crippen LogP contribution in [0, 0.1) is 42.9 Å². The van der Waals surface area contributed by atoms with Crippen molar-refractivity contribution in [2.24, 2.45) is 0 Å². The van der Waals surface area contributed by atoms with Crippen LogP contribution >= 0.6 is 0 Å². The molecule has 0 unspecified atom stereocenters. The first-order valence-corrected chi connectivity index (χ1v) is 30.8. The Balaban J connectivity index is 2.13. The van der Waals surface area contributed by atoms with Crippen molar-refractivity contribution in [1.29, 1.82) is 10.5 Å². The minimum atomic E-state index is -4.44. The monoisotopic (exact) mass is 1040 g/mol. The zero-order valence-electron chi connectivity index (χ0n) is 44.5. The van der Waals surface area contributed by atoms with E-state index in [0.717, 1.165) is 166 Å². The third-order valence-corrected chi connectivity index (χ3v) is 17.9. The number of nitro groups is 2. The first-order valence-electron chi connectivity index (χ1n) is 28.0. The quantitative estimate of drug-likeness (QED) is 0.0227. The average molecular weight is 1040 g/mol. The molecule has 0 saturated carbocycles. The highest BCUT2D eigenvalue weighted by molar-refractivity contribution is 7.89. The standard InChI is InChI=1S/C56H88N6O8S2/c1-5-9-13-17-21-25-29-33-37-59(38-34-30-26-22-18-14-10-6-2)71(67,68)48-41-50-54(47(45-57)46-58)51-42-49(44-53(62(65)66)56(51)55(50)52(43-48)61(63)64)72(69,70)60(39-35-31-27-23-19-15-11-7-3)40-36-32-28-24-20-16-12-8-4/h41-44H,5-40H2,1-4H3. The van der Waals surface area contributed by atoms with E-state index in [1.165, 1.54) is 46.4 Å². The lowest BCUT2D eigenvalue weighted by atomic mass is 9.99. The molecule has 0 heterocycles. The van der Waals surface area contributed by atoms with Gasteiger partial charge in [-0.25, -0.2) is 16.8 Å². The zero-order valence-corrected chi connectivity index (χ0v) is 46.2. The van der Waals surface area contributed by atoms with Crippen LogP contribution in [0.5, 0.6) is 0 Å². The van der Waals surface area contributed by atoms with Crippen LogP contribution in [0.3, 0.4) is 0 Å². The second kappa shape index (κ2) is 34.3. The zero-order chi connectivity index (χ0) is 52.8. The van der Waals surface area contributed by atoms with Crippen molar-refractivity contribution in [1.82, 2.24) is 8.61 Å². The summed E-state index contributed by atoms with van der Waals surface area (Å²) in [4.78, 5) is 23.7. The van der Waals surface area contributed by atoms with Gasteiger partial charge in [0.15, 0.2) is 0 Å². The summed E-state index contributed by atoms with van der Waals surface area (Å²) in [6.07, 6.45) is 31.9. The summed E-state index contributed by atoms with van der Waals surface area (Å²) >= 11 is 0. The molecule has 0 aliphatic heterocycles. The van der Waals surface area contributed by atoms with Gasteiger partial charge in [-0.15, -0.1) is 0 Å². The molecule has 72 heavy (non-hydrogen) atoms. The molecule has 0 spiro atoms. The number of rotatable bonds is 42. The highest BCUT2D eigenvalue weighted by Gasteiger charge is 2.42. The number of nitriles is 2. The van der Waals surface area contributed by atoms with Crippen LogP contribution in [-0.4, -0.2) is 61.5 Å². The third-order valence-electron chi connectivity index (χ3n) is 14.2. The summed E-state index contributed by atoms with van der Waals surface area (Å²) in [6.45, 7) is 9.40. The van der Waals surface area contributed by atoms with E-state index < -0.39 is 56.6 Å². The first kappa shape index (κ1) is 62.1. The molecule has 3 rings (SSSR count). The number of nitro benzene ring substituents is 2. The van der Waals surface area contributed by atoms with Crippen LogP contribution in [-0.2, 0) is 20.0 Å². The molecule has 0 aromatic heterocycles. The number of allylic oxidation sites excluding steroid dienone is 1. The summed E-state index contributed by atoms with van der Waals surface area (Å²) in [5.41, 5.74) is -3.51. The van der Waals surface area contributed by atoms with Crippen molar-refractivity contribution in [2.75, 3.05) is 26.2 Å². The number of benzene rings is 2. The summed E-state index contributed by atoms with van der Waals surface area (Å²) < 4.78 is 62.1. The van der Waals surface area contributed by atoms with E-state index in [0.29, 0.717) is 25.7 Å². The van der Waals surface area contributed by atoms with Gasteiger partial charge >= 0.3 is 0 Å². The van der Waals surface area contributed by atoms with E-state index in [-0.39, 0.29) is 54.0 Å². The van der Waals surface area contributed by atoms with Gasteiger partial charge < -0.3 is 0 Å². The second-order valence-corrected chi connectivity index (χ2v) is 23.8. The maximum absolute atomic E-state index is 14.8. The van der Waals surface area contributed by atoms with Crippen molar-refractivity contribution in [3.8, 4) is 23.3 Å². The molecule has 2 aromatic rings. The number of nitrogens with zero attached hydrogens (tertiary/aromatic N) is 6. The van der Waals surface area contributed by atoms with E-state index in [9.17, 15) is 47.6 Å². The Hall–Kier alpha value is -4.22. The molecule has 0 amide bonds. The Kier molecular flexibility index (Phi) is 29.6. The Bertz CT molecular complexity index is 2140. The molecule has 0 atom stereocenters. The fourth-order valence-electron chi connectivity index (χ4n) is 9.95. The summed E-state index contributed by atoms with van der Waals surface area (Å²) in [5, 5.41) is 47.0. The van der Waals surface area contributed by atoms with Crippen molar-refractivity contribution in [3.05, 3.63) is 61.2 Å². The highest BCUT2D eigenvalue weighted by Crippen LogP contribution is 2.55. The van der Waals surface area contributed by atoms with Crippen LogP contribution in [0.2, 0.25) is 0 Å². The van der Waals surface area contributed by atoms with E-state index in [2.05, 4.69) is 27.7 Å². The van der Waals surface area contributed by atoms with Gasteiger partial charge in [-0.3, -0.25) is 20.2 Å². The van der Waals surface area contributed by atoms with Crippen molar-refractivity contribution in [3.63, 3.8) is 0 Å². The Morgan fingerprint density at radius 2 is 0.667 bits per heavy atom. The minimum absolute atomic E-state index is 0.185. The molecular formula is C56H88N6O8S2. The third kappa shape index (κ3) is 19.2. The molecular weight excluding hydrogens is 949 g/mol. The van der Waals surface area contributed by atoms with Gasteiger partial charge in [-0.05, 0) is 37.8 Å². The second-order valence-electron chi connectivity index (χ2n) is 19.9. The van der Waals surface area contributed by atoms with Gasteiger partial charge in [0.25, 0.3) is 11.4 Å². The molecule has 0 bridgehead atoms. The number of unbranched alkanes of at least 4 members (excludes halogenated alkanes) is 28. The average Bonchev–Trinajstić information content (AvgIpc) is 3.69. The predicted molar refractivity (Wildman–Crippen MR) is 290 cm³/mol. The fourth-order valence-corrected chi connectivity index (χ4v) is 13.1. The molecule has 0 N–H and O–H groups in total. The minimum Gasteiger partial charge on any atom is -0.258 e. The molecule has 2 aromatic carbocycles. The predicted octanol–water partition coefficient (Wildman–Crippen LogP) is 15.9. The number of fused-ring (bicyclic) bond motifs is 3. The van der Waals surface area contributed by atoms with E-state index >= 15 is 0 Å². The number of hydrogen-bond acceptors (Lipinski definition) is 10. The largest absolute Gasteiger partial charge is 0.279 e. The Labute approximate surface area is 434 Å². The SMILES string of the molecule is CCCCCCCCCCN(CCCCCCCCCC)S(=O)(=O)c1cc2c(c([N+](=O)[O-])c1)-c1c(cc(S(=O)(=O)N(CCCCCCCCCC)CCCCCCCCCC)cc1[N+](=O)[O-])C2=C(C#N)C#N. The van der Waals surface area contributed by atoms with Crippen LogP contribution in [0.25, 0.3) is 16.7 Å². The summed E-state index contributed by atoms with van der Waals surface area (Å²) in [6, 6.07) is 7.81. The smallest absolute Gasteiger partial charge is 0.258 e. The lowest BCUT2D eigenvalue weighted by Gasteiger charge is -2.23. The summed E-state index contributed by atoms with van der Waals surface area (Å²) in [7, 11) is -8.88. The van der Waals surface area contributed by atoms with Crippen LogP contribution in [0.1, 0.15) is 244 Å². The van der Waals surface area contributed by atoms with E-state index in [1.54, 1.807) is 0 Å². The van der Waals surface area contributed by atoms with Crippen molar-refractivity contribution < 1.29 is 26.7 Å². The van der Waals surface area contributed by atoms with Gasteiger partial charge in [0.2, 0.25) is 20.0 Å². The maximum Gasteiger partial charge on any atom is 0.279 e. The van der Waals surface area contributed by atoms with Gasteiger partial charge in [-0.1, -0.05) is 207 Å². The first-order chi connectivity index (χ1) is 34.8. The Morgan fingerprint density at radius 1 is 0.431 bits per heavy atom. The van der Waals surface area contributed by atoms with Crippen LogP contribution < -0.4 is 0 Å². The topological polar surface area (TPSA) is 209 Å². The maximum atomic E-state index is 14.8. The summed E-state index contributed by atoms with van der Waals surface area (Å²) in [5.74, 6) is 0. The van der Waals surface area contributed by atoms with Crippen molar-refractivity contribution in [2.45, 2.75) is 243 Å². The van der Waals surface area contributed by atoms with Crippen LogP contribution in [0.4, 0.5) is 11.4 Å². The van der Waals surface area contributed by atoms with Crippen LogP contribution in [0.15, 0.2) is 39.6 Å². The molecule has 0 saturated heterocycles. The number of sulfonamides is 2. The van der Waals surface area contributed by atoms with Gasteiger partial charge in [0.05, 0.1) is 30.8 Å². The molecule has 1 aliphatic rings. The van der Waals surface area contributed by atoms with Gasteiger partial charge in [0, 0.05) is 55.0 Å². The molecule has 16 heteroatoms. The molecule has 14 nitrogen and oxygen atoms in total. The lowest BCUT2D eigenvalue weighted by molar-refractivity contribution is -0.386. The fraction of sp³-hybridized carbons (Fsp3) is 0.714. The molecule has 1 aliphatic carbocycles. The highest BCUT2D eigenvalue weighted by atomic mass is 32.2. The molecule has 0 fully saturated rings. The number of hydrogen-bond donors (Lipinski definition) is 0. The van der Waals surface area contributed by atoms with Gasteiger partial charge in [0.1, 0.15) is 17.7 Å². The Morgan fingerprint density at radius 3 is 0.889 bits per heavy atom. The van der Waals surface area contributed by atoms with E-state index in [1.807, 2.05) is 12.1 Å². The molecule has 402 valence electrons.